The quantitative estimate of drug-likeness (QED) is 0.471. The number of aliphatic imine (C=N–C) groups is 1. The largest absolute Gasteiger partial charge is 0.381 e. The van der Waals surface area contributed by atoms with Crippen LogP contribution in [0.3, 0.4) is 0 Å². The summed E-state index contributed by atoms with van der Waals surface area (Å²) < 4.78 is 5.41. The van der Waals surface area contributed by atoms with Crippen LogP contribution in [0.25, 0.3) is 0 Å². The Morgan fingerprint density at radius 3 is 2.61 bits per heavy atom. The molecule has 0 spiro atoms. The minimum atomic E-state index is 0. The summed E-state index contributed by atoms with van der Waals surface area (Å²) in [6, 6.07) is 0.587. The summed E-state index contributed by atoms with van der Waals surface area (Å²) in [5.74, 6) is 1.68. The molecule has 2 unspecified atom stereocenters. The molecule has 1 aliphatic heterocycles. The van der Waals surface area contributed by atoms with E-state index in [-0.39, 0.29) is 24.0 Å². The minimum Gasteiger partial charge on any atom is -0.381 e. The summed E-state index contributed by atoms with van der Waals surface area (Å²) in [4.78, 5) is 6.60. The van der Waals surface area contributed by atoms with Crippen LogP contribution in [0.2, 0.25) is 0 Å². The number of nitrogens with one attached hydrogen (secondary N) is 1. The Balaban J connectivity index is 0.00000162. The van der Waals surface area contributed by atoms with Gasteiger partial charge in [-0.25, -0.2) is 0 Å². The average molecular weight is 367 g/mol. The van der Waals surface area contributed by atoms with Crippen LogP contribution >= 0.6 is 24.0 Å². The zero-order valence-corrected chi connectivity index (χ0v) is 14.2. The van der Waals surface area contributed by atoms with E-state index in [0.29, 0.717) is 17.4 Å². The molecule has 106 valence electrons. The summed E-state index contributed by atoms with van der Waals surface area (Å²) in [5, 5.41) is 3.54. The molecule has 1 N–H and O–H groups in total. The zero-order chi connectivity index (χ0) is 12.5. The van der Waals surface area contributed by atoms with E-state index in [2.05, 4.69) is 36.1 Å². The van der Waals surface area contributed by atoms with Gasteiger partial charge < -0.3 is 15.0 Å². The predicted molar refractivity (Wildman–Crippen MR) is 85.7 cm³/mol. The molecule has 2 aliphatic rings. The van der Waals surface area contributed by atoms with E-state index in [1.54, 1.807) is 0 Å². The van der Waals surface area contributed by atoms with Crippen LogP contribution in [0.1, 0.15) is 26.7 Å². The van der Waals surface area contributed by atoms with Crippen LogP contribution < -0.4 is 5.32 Å². The number of ether oxygens (including phenoxy) is 1. The Morgan fingerprint density at radius 1 is 1.50 bits per heavy atom. The van der Waals surface area contributed by atoms with E-state index in [0.717, 1.165) is 25.7 Å². The van der Waals surface area contributed by atoms with Crippen molar-refractivity contribution in [2.75, 3.05) is 33.9 Å². The average Bonchev–Trinajstić information content (AvgIpc) is 2.67. The second-order valence-corrected chi connectivity index (χ2v) is 6.05. The van der Waals surface area contributed by atoms with Crippen LogP contribution in [-0.2, 0) is 4.74 Å². The summed E-state index contributed by atoms with van der Waals surface area (Å²) in [6.45, 7) is 7.44. The Morgan fingerprint density at radius 2 is 2.17 bits per heavy atom. The molecular weight excluding hydrogens is 341 g/mol. The fourth-order valence-corrected chi connectivity index (χ4v) is 2.42. The molecule has 0 radical (unpaired) electrons. The molecule has 4 nitrogen and oxygen atoms in total. The molecule has 0 amide bonds. The Bertz CT molecular complexity index is 301. The van der Waals surface area contributed by atoms with Crippen molar-refractivity contribution in [3.05, 3.63) is 0 Å². The summed E-state index contributed by atoms with van der Waals surface area (Å²) in [5.41, 5.74) is 0.438. The van der Waals surface area contributed by atoms with E-state index in [9.17, 15) is 0 Å². The van der Waals surface area contributed by atoms with Gasteiger partial charge in [-0.2, -0.15) is 0 Å². The zero-order valence-electron chi connectivity index (χ0n) is 11.9. The fraction of sp³-hybridized carbons (Fsp3) is 0.923. The minimum absolute atomic E-state index is 0. The molecule has 0 aromatic carbocycles. The Hall–Kier alpha value is -0.0400. The second-order valence-electron chi connectivity index (χ2n) is 6.05. The van der Waals surface area contributed by atoms with Crippen molar-refractivity contribution < 1.29 is 4.74 Å². The van der Waals surface area contributed by atoms with Crippen LogP contribution in [0, 0.1) is 11.3 Å². The van der Waals surface area contributed by atoms with Crippen molar-refractivity contribution in [3.8, 4) is 0 Å². The lowest BCUT2D eigenvalue weighted by atomic mass is 10.1. The number of hydrogen-bond acceptors (Lipinski definition) is 2. The maximum Gasteiger partial charge on any atom is 0.193 e. The lowest BCUT2D eigenvalue weighted by Crippen LogP contribution is -2.43. The number of halogens is 1. The first-order valence-electron chi connectivity index (χ1n) is 6.55. The topological polar surface area (TPSA) is 36.9 Å². The predicted octanol–water partition coefficient (Wildman–Crippen LogP) is 1.95. The lowest BCUT2D eigenvalue weighted by Gasteiger charge is -2.25. The van der Waals surface area contributed by atoms with Crippen LogP contribution in [-0.4, -0.2) is 50.8 Å². The molecule has 0 aromatic heterocycles. The number of rotatable bonds is 3. The van der Waals surface area contributed by atoms with E-state index in [1.807, 2.05) is 7.05 Å². The normalized spacial score (nSPS) is 29.7. The summed E-state index contributed by atoms with van der Waals surface area (Å²) in [6.07, 6.45) is 2.42. The maximum atomic E-state index is 5.41. The second kappa shape index (κ2) is 6.41. The summed E-state index contributed by atoms with van der Waals surface area (Å²) >= 11 is 0. The van der Waals surface area contributed by atoms with Crippen LogP contribution in [0.5, 0.6) is 0 Å². The molecule has 1 heterocycles. The smallest absolute Gasteiger partial charge is 0.193 e. The van der Waals surface area contributed by atoms with Gasteiger partial charge in [-0.15, -0.1) is 24.0 Å². The van der Waals surface area contributed by atoms with Gasteiger partial charge in [0.25, 0.3) is 0 Å². The van der Waals surface area contributed by atoms with Gasteiger partial charge >= 0.3 is 0 Å². The van der Waals surface area contributed by atoms with Crippen LogP contribution in [0.15, 0.2) is 4.99 Å². The highest BCUT2D eigenvalue weighted by molar-refractivity contribution is 14.0. The van der Waals surface area contributed by atoms with Gasteiger partial charge in [0.2, 0.25) is 0 Å². The monoisotopic (exact) mass is 367 g/mol. The van der Waals surface area contributed by atoms with Gasteiger partial charge in [0.05, 0.1) is 6.61 Å². The third-order valence-electron chi connectivity index (χ3n) is 3.95. The highest BCUT2D eigenvalue weighted by Gasteiger charge is 2.46. The highest BCUT2D eigenvalue weighted by Crippen LogP contribution is 2.44. The van der Waals surface area contributed by atoms with Crippen molar-refractivity contribution in [2.24, 2.45) is 16.3 Å². The maximum absolute atomic E-state index is 5.41. The SMILES string of the molecule is CN=C(NC1CC1(C)C)N(C)CC1CCOC1.I. The first-order chi connectivity index (χ1) is 8.03. The highest BCUT2D eigenvalue weighted by atomic mass is 127. The van der Waals surface area contributed by atoms with Gasteiger partial charge in [0.15, 0.2) is 5.96 Å². The molecule has 0 bridgehead atoms. The Kier molecular flexibility index (Phi) is 5.70. The standard InChI is InChI=1S/C13H25N3O.HI/c1-13(2)7-11(13)15-12(14-3)16(4)8-10-5-6-17-9-10;/h10-11H,5-9H2,1-4H3,(H,14,15);1H. The molecule has 2 fully saturated rings. The Labute approximate surface area is 128 Å². The molecular formula is C13H26IN3O. The van der Waals surface area contributed by atoms with Gasteiger partial charge in [-0.3, -0.25) is 4.99 Å². The molecule has 1 aliphatic carbocycles. The van der Waals surface area contributed by atoms with Crippen molar-refractivity contribution in [3.63, 3.8) is 0 Å². The molecule has 0 aromatic rings. The van der Waals surface area contributed by atoms with Gasteiger partial charge in [-0.1, -0.05) is 13.8 Å². The first-order valence-corrected chi connectivity index (χ1v) is 6.55. The van der Waals surface area contributed by atoms with Crippen molar-refractivity contribution in [2.45, 2.75) is 32.7 Å². The lowest BCUT2D eigenvalue weighted by molar-refractivity contribution is 0.181. The summed E-state index contributed by atoms with van der Waals surface area (Å²) in [7, 11) is 3.97. The van der Waals surface area contributed by atoms with Crippen molar-refractivity contribution in [1.82, 2.24) is 10.2 Å². The first kappa shape index (κ1) is 16.0. The van der Waals surface area contributed by atoms with E-state index < -0.39 is 0 Å². The fourth-order valence-electron chi connectivity index (χ4n) is 2.42. The third kappa shape index (κ3) is 3.98. The number of hydrogen-bond donors (Lipinski definition) is 1. The van der Waals surface area contributed by atoms with E-state index in [4.69, 9.17) is 4.74 Å². The molecule has 1 saturated carbocycles. The number of nitrogens with zero attached hydrogens (tertiary/aromatic N) is 2. The van der Waals surface area contributed by atoms with Crippen LogP contribution in [0.4, 0.5) is 0 Å². The van der Waals surface area contributed by atoms with Crippen molar-refractivity contribution in [1.29, 1.82) is 0 Å². The van der Waals surface area contributed by atoms with E-state index in [1.165, 1.54) is 12.8 Å². The van der Waals surface area contributed by atoms with Crippen molar-refractivity contribution >= 4 is 29.9 Å². The van der Waals surface area contributed by atoms with Gasteiger partial charge in [0, 0.05) is 39.2 Å². The molecule has 5 heteroatoms. The van der Waals surface area contributed by atoms with E-state index >= 15 is 0 Å². The molecule has 1 saturated heterocycles. The molecule has 18 heavy (non-hydrogen) atoms. The molecule has 2 atom stereocenters. The third-order valence-corrected chi connectivity index (χ3v) is 3.95. The molecule has 2 rings (SSSR count). The number of guanidine groups is 1. The van der Waals surface area contributed by atoms with Gasteiger partial charge in [0.1, 0.15) is 0 Å². The van der Waals surface area contributed by atoms with Gasteiger partial charge in [-0.05, 0) is 18.3 Å².